The molecule has 0 aliphatic heterocycles. The number of nitrogens with two attached hydrogens (primary N) is 1. The zero-order chi connectivity index (χ0) is 15.1. The molecule has 0 bridgehead atoms. The van der Waals surface area contributed by atoms with Gasteiger partial charge in [-0.2, -0.15) is 0 Å². The number of hydrogen-bond donors (Lipinski definition) is 1. The summed E-state index contributed by atoms with van der Waals surface area (Å²) in [6.07, 6.45) is 2.39. The Morgan fingerprint density at radius 1 is 0.905 bits per heavy atom. The minimum atomic E-state index is 0.0916. The molecule has 1 saturated carbocycles. The summed E-state index contributed by atoms with van der Waals surface area (Å²) in [5.41, 5.74) is 11.0. The SMILES string of the molecule is CC(C)(C)c1ccc(C(N)C2(c3ccccc3)CC2)cc1. The third-order valence-electron chi connectivity index (χ3n) is 4.87. The molecule has 0 amide bonds. The molecule has 1 heteroatoms. The van der Waals surface area contributed by atoms with Crippen LogP contribution in [0.2, 0.25) is 0 Å². The van der Waals surface area contributed by atoms with Crippen LogP contribution in [0.5, 0.6) is 0 Å². The maximum Gasteiger partial charge on any atom is 0.0393 e. The van der Waals surface area contributed by atoms with Crippen LogP contribution in [-0.2, 0) is 10.8 Å². The molecule has 1 atom stereocenters. The minimum Gasteiger partial charge on any atom is -0.323 e. The van der Waals surface area contributed by atoms with Crippen LogP contribution < -0.4 is 5.73 Å². The molecule has 2 N–H and O–H groups in total. The average Bonchev–Trinajstić information content (AvgIpc) is 3.28. The van der Waals surface area contributed by atoms with E-state index in [1.165, 1.54) is 29.5 Å². The van der Waals surface area contributed by atoms with Crippen molar-refractivity contribution in [1.29, 1.82) is 0 Å². The van der Waals surface area contributed by atoms with E-state index < -0.39 is 0 Å². The predicted octanol–water partition coefficient (Wildman–Crippen LogP) is 4.72. The molecule has 1 unspecified atom stereocenters. The molecule has 1 nitrogen and oxygen atoms in total. The van der Waals surface area contributed by atoms with Crippen LogP contribution in [0.15, 0.2) is 54.6 Å². The molecule has 0 heterocycles. The molecular formula is C20H25N. The lowest BCUT2D eigenvalue weighted by molar-refractivity contribution is 0.539. The number of rotatable bonds is 3. The smallest absolute Gasteiger partial charge is 0.0393 e. The van der Waals surface area contributed by atoms with Crippen molar-refractivity contribution in [2.45, 2.75) is 50.5 Å². The van der Waals surface area contributed by atoms with Gasteiger partial charge in [-0.15, -0.1) is 0 Å². The second-order valence-electron chi connectivity index (χ2n) is 7.37. The Kier molecular flexibility index (Phi) is 3.41. The molecule has 2 aromatic carbocycles. The highest BCUT2D eigenvalue weighted by Gasteiger charge is 2.49. The third kappa shape index (κ3) is 2.63. The molecule has 0 radical (unpaired) electrons. The first-order valence-electron chi connectivity index (χ1n) is 7.85. The van der Waals surface area contributed by atoms with Crippen molar-refractivity contribution in [3.63, 3.8) is 0 Å². The largest absolute Gasteiger partial charge is 0.323 e. The average molecular weight is 279 g/mol. The van der Waals surface area contributed by atoms with Gasteiger partial charge in [-0.25, -0.2) is 0 Å². The van der Waals surface area contributed by atoms with Crippen LogP contribution in [0.4, 0.5) is 0 Å². The Morgan fingerprint density at radius 3 is 1.95 bits per heavy atom. The molecule has 0 spiro atoms. The van der Waals surface area contributed by atoms with Gasteiger partial charge in [0.2, 0.25) is 0 Å². The van der Waals surface area contributed by atoms with Crippen LogP contribution in [0.3, 0.4) is 0 Å². The molecule has 2 aromatic rings. The van der Waals surface area contributed by atoms with Crippen LogP contribution in [-0.4, -0.2) is 0 Å². The Bertz CT molecular complexity index is 601. The monoisotopic (exact) mass is 279 g/mol. The van der Waals surface area contributed by atoms with Crippen molar-refractivity contribution in [3.8, 4) is 0 Å². The van der Waals surface area contributed by atoms with Gasteiger partial charge in [-0.05, 0) is 34.9 Å². The Morgan fingerprint density at radius 2 is 1.48 bits per heavy atom. The van der Waals surface area contributed by atoms with Gasteiger partial charge >= 0.3 is 0 Å². The fourth-order valence-electron chi connectivity index (χ4n) is 3.19. The lowest BCUT2D eigenvalue weighted by atomic mass is 9.82. The summed E-state index contributed by atoms with van der Waals surface area (Å²) in [7, 11) is 0. The van der Waals surface area contributed by atoms with Gasteiger partial charge in [0.15, 0.2) is 0 Å². The summed E-state index contributed by atoms with van der Waals surface area (Å²) < 4.78 is 0. The number of benzene rings is 2. The van der Waals surface area contributed by atoms with Gasteiger partial charge in [0.25, 0.3) is 0 Å². The van der Waals surface area contributed by atoms with Crippen molar-refractivity contribution in [2.24, 2.45) is 5.73 Å². The second-order valence-corrected chi connectivity index (χ2v) is 7.37. The van der Waals surface area contributed by atoms with Gasteiger partial charge in [-0.3, -0.25) is 0 Å². The van der Waals surface area contributed by atoms with E-state index in [2.05, 4.69) is 75.4 Å². The summed E-state index contributed by atoms with van der Waals surface area (Å²) in [5.74, 6) is 0. The van der Waals surface area contributed by atoms with Crippen molar-refractivity contribution in [2.75, 3.05) is 0 Å². The molecule has 1 aliphatic carbocycles. The fraction of sp³-hybridized carbons (Fsp3) is 0.400. The van der Waals surface area contributed by atoms with Gasteiger partial charge in [0.05, 0.1) is 0 Å². The minimum absolute atomic E-state index is 0.0916. The quantitative estimate of drug-likeness (QED) is 0.864. The molecule has 0 aromatic heterocycles. The predicted molar refractivity (Wildman–Crippen MR) is 89.4 cm³/mol. The van der Waals surface area contributed by atoms with Crippen LogP contribution in [0.1, 0.15) is 56.3 Å². The molecule has 1 aliphatic rings. The van der Waals surface area contributed by atoms with Crippen molar-refractivity contribution < 1.29 is 0 Å². The zero-order valence-corrected chi connectivity index (χ0v) is 13.3. The first-order valence-corrected chi connectivity index (χ1v) is 7.85. The lowest BCUT2D eigenvalue weighted by Gasteiger charge is -2.26. The van der Waals surface area contributed by atoms with E-state index >= 15 is 0 Å². The van der Waals surface area contributed by atoms with Gasteiger partial charge < -0.3 is 5.73 Å². The Hall–Kier alpha value is -1.60. The maximum atomic E-state index is 6.63. The van der Waals surface area contributed by atoms with Gasteiger partial charge in [0.1, 0.15) is 0 Å². The second kappa shape index (κ2) is 4.99. The van der Waals surface area contributed by atoms with E-state index in [0.717, 1.165) is 0 Å². The Balaban J connectivity index is 1.88. The maximum absolute atomic E-state index is 6.63. The van der Waals surface area contributed by atoms with Crippen LogP contribution in [0, 0.1) is 0 Å². The van der Waals surface area contributed by atoms with E-state index in [4.69, 9.17) is 5.73 Å². The Labute approximate surface area is 128 Å². The van der Waals surface area contributed by atoms with Crippen LogP contribution in [0.25, 0.3) is 0 Å². The highest BCUT2D eigenvalue weighted by molar-refractivity contribution is 5.39. The lowest BCUT2D eigenvalue weighted by Crippen LogP contribution is -2.26. The summed E-state index contributed by atoms with van der Waals surface area (Å²) in [4.78, 5) is 0. The van der Waals surface area contributed by atoms with E-state index in [1.807, 2.05) is 0 Å². The van der Waals surface area contributed by atoms with Crippen LogP contribution >= 0.6 is 0 Å². The summed E-state index contributed by atoms with van der Waals surface area (Å²) >= 11 is 0. The number of hydrogen-bond acceptors (Lipinski definition) is 1. The van der Waals surface area contributed by atoms with E-state index in [9.17, 15) is 0 Å². The molecule has 3 rings (SSSR count). The topological polar surface area (TPSA) is 26.0 Å². The van der Waals surface area contributed by atoms with Gasteiger partial charge in [0, 0.05) is 11.5 Å². The van der Waals surface area contributed by atoms with E-state index in [0.29, 0.717) is 0 Å². The summed E-state index contributed by atoms with van der Waals surface area (Å²) in [5, 5.41) is 0. The van der Waals surface area contributed by atoms with E-state index in [1.54, 1.807) is 0 Å². The summed E-state index contributed by atoms with van der Waals surface area (Å²) in [6, 6.07) is 19.7. The van der Waals surface area contributed by atoms with E-state index in [-0.39, 0.29) is 16.9 Å². The molecule has 1 fully saturated rings. The summed E-state index contributed by atoms with van der Waals surface area (Å²) in [6.45, 7) is 6.73. The third-order valence-corrected chi connectivity index (χ3v) is 4.87. The highest BCUT2D eigenvalue weighted by Crippen LogP contribution is 2.55. The van der Waals surface area contributed by atoms with Crippen molar-refractivity contribution >= 4 is 0 Å². The highest BCUT2D eigenvalue weighted by atomic mass is 14.7. The normalized spacial score (nSPS) is 18.3. The first kappa shape index (κ1) is 14.3. The first-order chi connectivity index (χ1) is 9.93. The standard InChI is InChI=1S/C20H25N/c1-19(2,3)16-11-9-15(10-12-16)18(21)20(13-14-20)17-7-5-4-6-8-17/h4-12,18H,13-14,21H2,1-3H3. The molecule has 21 heavy (non-hydrogen) atoms. The zero-order valence-electron chi connectivity index (χ0n) is 13.3. The molecule has 0 saturated heterocycles. The van der Waals surface area contributed by atoms with Crippen molar-refractivity contribution in [3.05, 3.63) is 71.3 Å². The molecule has 110 valence electrons. The fourth-order valence-corrected chi connectivity index (χ4v) is 3.19. The van der Waals surface area contributed by atoms with Crippen molar-refractivity contribution in [1.82, 2.24) is 0 Å². The van der Waals surface area contributed by atoms with Gasteiger partial charge in [-0.1, -0.05) is 75.4 Å². The molecular weight excluding hydrogens is 254 g/mol.